The first-order chi connectivity index (χ1) is 16.4. The first kappa shape index (κ1) is 23.4. The molecule has 0 saturated heterocycles. The molecular formula is C26H25ClN4O3. The first-order valence-corrected chi connectivity index (χ1v) is 11.5. The van der Waals surface area contributed by atoms with E-state index < -0.39 is 5.91 Å². The Morgan fingerprint density at radius 1 is 1.12 bits per heavy atom. The Morgan fingerprint density at radius 2 is 1.94 bits per heavy atom. The number of H-pyrrole nitrogens is 1. The van der Waals surface area contributed by atoms with Gasteiger partial charge in [-0.15, -0.1) is 0 Å². The van der Waals surface area contributed by atoms with E-state index in [-0.39, 0.29) is 23.2 Å². The summed E-state index contributed by atoms with van der Waals surface area (Å²) < 4.78 is 1.53. The van der Waals surface area contributed by atoms with E-state index in [1.54, 1.807) is 30.5 Å². The van der Waals surface area contributed by atoms with Gasteiger partial charge in [0, 0.05) is 17.8 Å². The maximum absolute atomic E-state index is 13.4. The summed E-state index contributed by atoms with van der Waals surface area (Å²) in [5.41, 5.74) is 1.95. The fourth-order valence-electron chi connectivity index (χ4n) is 3.94. The topological polar surface area (TPSA) is 88.1 Å². The highest BCUT2D eigenvalue weighted by atomic mass is 35.5. The third-order valence-electron chi connectivity index (χ3n) is 5.52. The Labute approximate surface area is 201 Å². The monoisotopic (exact) mass is 476 g/mol. The van der Waals surface area contributed by atoms with Gasteiger partial charge >= 0.3 is 0 Å². The normalized spacial score (nSPS) is 11.0. The lowest BCUT2D eigenvalue weighted by Crippen LogP contribution is -2.37. The second-order valence-corrected chi connectivity index (χ2v) is 8.68. The van der Waals surface area contributed by atoms with Crippen LogP contribution in [0, 0.1) is 6.92 Å². The third kappa shape index (κ3) is 5.10. The molecule has 1 amide bonds. The van der Waals surface area contributed by atoms with Gasteiger partial charge in [0.15, 0.2) is 0 Å². The molecule has 4 aromatic rings. The summed E-state index contributed by atoms with van der Waals surface area (Å²) >= 11 is 6.05. The van der Waals surface area contributed by atoms with Gasteiger partial charge in [-0.3, -0.25) is 14.4 Å². The molecule has 2 heterocycles. The molecule has 7 nitrogen and oxygen atoms in total. The Bertz CT molecular complexity index is 1480. The molecule has 34 heavy (non-hydrogen) atoms. The molecule has 0 aliphatic carbocycles. The molecule has 1 N–H and O–H groups in total. The van der Waals surface area contributed by atoms with Crippen molar-refractivity contribution in [3.8, 4) is 0 Å². The molecule has 0 radical (unpaired) electrons. The first-order valence-electron chi connectivity index (χ1n) is 11.1. The smallest absolute Gasteiger partial charge is 0.263 e. The molecule has 0 spiro atoms. The van der Waals surface area contributed by atoms with Crippen molar-refractivity contribution in [2.75, 3.05) is 6.54 Å². The molecule has 0 atom stereocenters. The second-order valence-electron chi connectivity index (χ2n) is 8.24. The minimum Gasteiger partial charge on any atom is -0.331 e. The maximum atomic E-state index is 13.4. The van der Waals surface area contributed by atoms with Crippen LogP contribution in [-0.4, -0.2) is 31.9 Å². The number of aromatic amines is 1. The number of amides is 1. The number of hydrogen-bond acceptors (Lipinski definition) is 4. The van der Waals surface area contributed by atoms with Gasteiger partial charge in [-0.05, 0) is 49.2 Å². The predicted molar refractivity (Wildman–Crippen MR) is 133 cm³/mol. The Morgan fingerprint density at radius 3 is 2.71 bits per heavy atom. The maximum Gasteiger partial charge on any atom is 0.263 e. The van der Waals surface area contributed by atoms with Gasteiger partial charge in [-0.1, -0.05) is 48.4 Å². The molecule has 174 valence electrons. The number of aryl methyl sites for hydroxylation is 1. The minimum atomic E-state index is -0.403. The number of benzene rings is 2. The van der Waals surface area contributed by atoms with Crippen LogP contribution >= 0.6 is 11.6 Å². The molecule has 8 heteroatoms. The van der Waals surface area contributed by atoms with E-state index in [4.69, 9.17) is 11.6 Å². The summed E-state index contributed by atoms with van der Waals surface area (Å²) in [6.45, 7) is 4.78. The lowest BCUT2D eigenvalue weighted by molar-refractivity contribution is 0.0736. The SMILES string of the molecule is CCCN(Cc1nc2cc(Cl)ccc2c(=O)[nH]1)C(=O)c1cccn(Cc2cccc(C)c2)c1=O. The Hall–Kier alpha value is -3.71. The third-order valence-corrected chi connectivity index (χ3v) is 5.76. The number of carbonyl (C=O) groups is 1. The van der Waals surface area contributed by atoms with Crippen molar-refractivity contribution >= 4 is 28.4 Å². The van der Waals surface area contributed by atoms with E-state index >= 15 is 0 Å². The summed E-state index contributed by atoms with van der Waals surface area (Å²) in [5.74, 6) is -0.0723. The number of aromatic nitrogens is 3. The van der Waals surface area contributed by atoms with Crippen LogP contribution in [0.1, 0.15) is 40.7 Å². The molecule has 0 bridgehead atoms. The number of halogens is 1. The van der Waals surface area contributed by atoms with E-state index in [2.05, 4.69) is 9.97 Å². The van der Waals surface area contributed by atoms with Crippen LogP contribution in [0.5, 0.6) is 0 Å². The van der Waals surface area contributed by atoms with Gasteiger partial charge in [0.05, 0.1) is 24.0 Å². The van der Waals surface area contributed by atoms with Crippen molar-refractivity contribution in [1.82, 2.24) is 19.4 Å². The van der Waals surface area contributed by atoms with Crippen molar-refractivity contribution in [3.63, 3.8) is 0 Å². The molecule has 2 aromatic carbocycles. The van der Waals surface area contributed by atoms with Crippen molar-refractivity contribution in [2.24, 2.45) is 0 Å². The van der Waals surface area contributed by atoms with E-state index in [0.29, 0.717) is 41.3 Å². The van der Waals surface area contributed by atoms with Crippen LogP contribution in [0.2, 0.25) is 5.02 Å². The average Bonchev–Trinajstić information content (AvgIpc) is 2.79. The van der Waals surface area contributed by atoms with Gasteiger partial charge in [0.1, 0.15) is 11.4 Å². The predicted octanol–water partition coefficient (Wildman–Crippen LogP) is 4.15. The highest BCUT2D eigenvalue weighted by Crippen LogP contribution is 2.15. The molecule has 0 fully saturated rings. The number of rotatable bonds is 7. The van der Waals surface area contributed by atoms with Crippen LogP contribution in [0.4, 0.5) is 0 Å². The summed E-state index contributed by atoms with van der Waals surface area (Å²) in [7, 11) is 0. The van der Waals surface area contributed by atoms with Gasteiger partial charge in [0.25, 0.3) is 17.0 Å². The summed E-state index contributed by atoms with van der Waals surface area (Å²) in [5, 5.41) is 0.889. The van der Waals surface area contributed by atoms with Crippen molar-refractivity contribution in [2.45, 2.75) is 33.4 Å². The number of hydrogen-bond donors (Lipinski definition) is 1. The molecular weight excluding hydrogens is 452 g/mol. The molecule has 0 unspecified atom stereocenters. The Balaban J connectivity index is 1.64. The Kier molecular flexibility index (Phi) is 6.93. The summed E-state index contributed by atoms with van der Waals surface area (Å²) in [4.78, 5) is 47.8. The fourth-order valence-corrected chi connectivity index (χ4v) is 4.11. The summed E-state index contributed by atoms with van der Waals surface area (Å²) in [6, 6.07) is 16.0. The zero-order chi connectivity index (χ0) is 24.2. The van der Waals surface area contributed by atoms with Gasteiger partial charge in [-0.25, -0.2) is 4.98 Å². The van der Waals surface area contributed by atoms with Crippen molar-refractivity contribution in [3.05, 3.63) is 109 Å². The van der Waals surface area contributed by atoms with Gasteiger partial charge < -0.3 is 14.5 Å². The quantitative estimate of drug-likeness (QED) is 0.434. The molecule has 2 aromatic heterocycles. The highest BCUT2D eigenvalue weighted by Gasteiger charge is 2.21. The average molecular weight is 477 g/mol. The van der Waals surface area contributed by atoms with Gasteiger partial charge in [0.2, 0.25) is 0 Å². The van der Waals surface area contributed by atoms with Crippen LogP contribution in [0.15, 0.2) is 70.4 Å². The highest BCUT2D eigenvalue weighted by molar-refractivity contribution is 6.31. The van der Waals surface area contributed by atoms with E-state index in [1.807, 2.05) is 38.1 Å². The van der Waals surface area contributed by atoms with E-state index in [1.165, 1.54) is 15.5 Å². The van der Waals surface area contributed by atoms with Crippen LogP contribution in [0.25, 0.3) is 10.9 Å². The standard InChI is InChI=1S/C26H25ClN4O3/c1-3-11-30(16-23-28-22-14-19(27)9-10-20(22)24(32)29-23)25(33)21-8-5-12-31(26(21)34)15-18-7-4-6-17(2)13-18/h4-10,12-14H,3,11,15-16H2,1-2H3,(H,28,29,32). The van der Waals surface area contributed by atoms with Crippen LogP contribution in [0.3, 0.4) is 0 Å². The lowest BCUT2D eigenvalue weighted by Gasteiger charge is -2.22. The van der Waals surface area contributed by atoms with Crippen molar-refractivity contribution < 1.29 is 4.79 Å². The van der Waals surface area contributed by atoms with Gasteiger partial charge in [-0.2, -0.15) is 0 Å². The van der Waals surface area contributed by atoms with E-state index in [0.717, 1.165) is 11.1 Å². The summed E-state index contributed by atoms with van der Waals surface area (Å²) in [6.07, 6.45) is 2.36. The number of nitrogens with one attached hydrogen (secondary N) is 1. The minimum absolute atomic E-state index is 0.0661. The number of nitrogens with zero attached hydrogens (tertiary/aromatic N) is 3. The molecule has 0 saturated carbocycles. The van der Waals surface area contributed by atoms with Crippen molar-refractivity contribution in [1.29, 1.82) is 0 Å². The molecule has 0 aliphatic heterocycles. The molecule has 4 rings (SSSR count). The zero-order valence-corrected chi connectivity index (χ0v) is 19.8. The second kappa shape index (κ2) is 10.1. The fraction of sp³-hybridized carbons (Fsp3) is 0.231. The van der Waals surface area contributed by atoms with E-state index in [9.17, 15) is 14.4 Å². The zero-order valence-electron chi connectivity index (χ0n) is 19.0. The lowest BCUT2D eigenvalue weighted by atomic mass is 10.1. The number of fused-ring (bicyclic) bond motifs is 1. The number of carbonyl (C=O) groups excluding carboxylic acids is 1. The molecule has 0 aliphatic rings. The van der Waals surface area contributed by atoms with Crippen LogP contribution < -0.4 is 11.1 Å². The van der Waals surface area contributed by atoms with Crippen LogP contribution in [-0.2, 0) is 13.1 Å². The largest absolute Gasteiger partial charge is 0.331 e. The number of pyridine rings is 1.